The third-order valence-corrected chi connectivity index (χ3v) is 21.2. The summed E-state index contributed by atoms with van der Waals surface area (Å²) in [5, 5.41) is 21.0. The van der Waals surface area contributed by atoms with Crippen LogP contribution in [0.1, 0.15) is 126 Å². The Morgan fingerprint density at radius 2 is 0.960 bits per heavy atom. The molecule has 2 saturated heterocycles. The Balaban J connectivity index is 0.000000211. The van der Waals surface area contributed by atoms with E-state index in [1.165, 1.54) is 19.0 Å². The molecule has 12 rings (SSSR count). The van der Waals surface area contributed by atoms with E-state index in [9.17, 15) is 36.0 Å². The van der Waals surface area contributed by atoms with Gasteiger partial charge in [0.2, 0.25) is 17.8 Å². The first-order valence-electron chi connectivity index (χ1n) is 32.8. The number of hydrogen-bond acceptors (Lipinski definition) is 17. The number of carbonyl (C=O) groups is 4. The highest BCUT2D eigenvalue weighted by atomic mass is 35.5. The van der Waals surface area contributed by atoms with Gasteiger partial charge in [-0.3, -0.25) is 9.59 Å². The summed E-state index contributed by atoms with van der Waals surface area (Å²) in [7, 11) is -7.69. The Hall–Kier alpha value is -8.07. The minimum absolute atomic E-state index is 0. The van der Waals surface area contributed by atoms with Crippen LogP contribution >= 0.6 is 35.6 Å². The zero-order chi connectivity index (χ0) is 69.4. The average Bonchev–Trinajstić information content (AvgIpc) is 1.61. The summed E-state index contributed by atoms with van der Waals surface area (Å²) in [4.78, 5) is 70.2. The quantitative estimate of drug-likeness (QED) is 0.0716. The first-order valence-corrected chi connectivity index (χ1v) is 36.4. The molecule has 6 atom stereocenters. The standard InChI is InChI=1S/C35H41ClN6O5S.C24H24ClN5O2S.C11H19NO4.CH4.ClH/c1-35(2,3)47-34(44)41-18-10-11-23(21-41)32(43)38-24-12-9-13-25(19-24)39-33-37-20-29(36)31(40-33)28-22-42(30-17-8-7-16-27(28)30)48(45,46)26-14-5-4-6-15-26;25-21-14-27-24(28-17-8-6-7-16(26)13-17)29-23(21)20-15-30(22-12-5-4-11-19(20)22)33(31,32)18-9-2-1-3-10-18;1-11(2,3)16-10(15)12-6-4-5-8(7-12)9(13)14;;/h4-8,14-17,20,22-25H,9-13,18-19,21H2,1-3H3,(H,38,43)(H,37,39,40);1-5,9-12,14-17H,6-8,13,26H2,(H,27,28,29);8H,4-7H2,1-3H3,(H,13,14);1H4;1H/t23-,24+,25-;16-,17+;8-;;/m101../s1. The number of carbonyl (C=O) groups excluding carboxylic acids is 3. The summed E-state index contributed by atoms with van der Waals surface area (Å²) in [5.41, 5.74) is 8.15. The van der Waals surface area contributed by atoms with E-state index in [1.807, 2.05) is 51.1 Å². The van der Waals surface area contributed by atoms with E-state index in [0.717, 1.165) is 69.6 Å². The van der Waals surface area contributed by atoms with Crippen molar-refractivity contribution >= 4 is 113 Å². The van der Waals surface area contributed by atoms with E-state index < -0.39 is 49.2 Å². The highest BCUT2D eigenvalue weighted by Gasteiger charge is 2.35. The van der Waals surface area contributed by atoms with Crippen LogP contribution in [0.3, 0.4) is 0 Å². The molecule has 6 heterocycles. The van der Waals surface area contributed by atoms with Crippen LogP contribution in [0, 0.1) is 11.8 Å². The number of likely N-dealkylation sites (tertiary alicyclic amines) is 2. The second-order valence-corrected chi connectivity index (χ2v) is 31.4. The smallest absolute Gasteiger partial charge is 0.410 e. The van der Waals surface area contributed by atoms with Crippen LogP contribution in [0.4, 0.5) is 21.5 Å². The van der Waals surface area contributed by atoms with Crippen LogP contribution in [0.2, 0.25) is 10.0 Å². The highest BCUT2D eigenvalue weighted by Crippen LogP contribution is 2.39. The van der Waals surface area contributed by atoms with Crippen molar-refractivity contribution in [3.63, 3.8) is 0 Å². The maximum atomic E-state index is 13.6. The molecule has 2 aliphatic carbocycles. The first-order chi connectivity index (χ1) is 46.1. The van der Waals surface area contributed by atoms with Crippen molar-refractivity contribution in [2.24, 2.45) is 17.6 Å². The number of anilines is 2. The van der Waals surface area contributed by atoms with Gasteiger partial charge in [-0.1, -0.05) is 103 Å². The van der Waals surface area contributed by atoms with Crippen LogP contribution < -0.4 is 21.7 Å². The highest BCUT2D eigenvalue weighted by molar-refractivity contribution is 7.90. The number of piperidine rings is 2. The Morgan fingerprint density at radius 1 is 0.556 bits per heavy atom. The number of benzene rings is 4. The van der Waals surface area contributed by atoms with E-state index in [4.69, 9.17) is 48.5 Å². The molecular weight excluding hydrogens is 1370 g/mol. The SMILES string of the molecule is C.CC(C)(C)OC(=O)N1CCC[C@@H](C(=O)N[C@H]2CCC[C@@H](Nc3ncc(Cl)c(-c4cn(S(=O)(=O)c5ccccc5)c5ccccc45)n3)C2)C1.CC(C)(C)OC(=O)N1CCC[C@@H](C(=O)O)C1.Cl.N[C@H]1CCC[C@@H](Nc2ncc(Cl)c(-c3cn(S(=O)(=O)c4ccccc4)c4ccccc34)n2)C1. The van der Waals surface area contributed by atoms with Gasteiger partial charge in [0.15, 0.2) is 0 Å². The van der Waals surface area contributed by atoms with E-state index in [2.05, 4.69) is 30.9 Å². The lowest BCUT2D eigenvalue weighted by Gasteiger charge is -2.35. The molecule has 4 aromatic carbocycles. The molecule has 2 saturated carbocycles. The van der Waals surface area contributed by atoms with Gasteiger partial charge < -0.3 is 46.1 Å². The lowest BCUT2D eigenvalue weighted by molar-refractivity contribution is -0.143. The number of aliphatic carboxylic acids is 1. The van der Waals surface area contributed by atoms with Crippen LogP contribution in [0.15, 0.2) is 144 Å². The molecular formula is C71H89Cl3N12O11S2. The Kier molecular flexibility index (Phi) is 25.5. The maximum absolute atomic E-state index is 13.6. The summed E-state index contributed by atoms with van der Waals surface area (Å²) in [6.45, 7) is 12.7. The summed E-state index contributed by atoms with van der Waals surface area (Å²) >= 11 is 13.1. The number of para-hydroxylation sites is 2. The van der Waals surface area contributed by atoms with Gasteiger partial charge in [0, 0.05) is 84.6 Å². The minimum Gasteiger partial charge on any atom is -0.481 e. The van der Waals surface area contributed by atoms with Gasteiger partial charge in [0.1, 0.15) is 11.2 Å². The number of halogens is 3. The van der Waals surface area contributed by atoms with Crippen LogP contribution in [0.25, 0.3) is 44.3 Å². The number of nitrogens with zero attached hydrogens (tertiary/aromatic N) is 8. The number of aromatic nitrogens is 6. The van der Waals surface area contributed by atoms with Gasteiger partial charge >= 0.3 is 18.2 Å². The molecule has 28 heteroatoms. The van der Waals surface area contributed by atoms with Gasteiger partial charge in [-0.25, -0.2) is 54.3 Å². The van der Waals surface area contributed by atoms with Crippen LogP contribution in [0.5, 0.6) is 0 Å². The molecule has 0 radical (unpaired) electrons. The molecule has 3 amide bonds. The fourth-order valence-electron chi connectivity index (χ4n) is 12.6. The van der Waals surface area contributed by atoms with Crippen LogP contribution in [-0.2, 0) is 39.1 Å². The molecule has 0 spiro atoms. The molecule has 6 N–H and O–H groups in total. The largest absolute Gasteiger partial charge is 0.481 e. The van der Waals surface area contributed by atoms with E-state index in [-0.39, 0.29) is 78.3 Å². The lowest BCUT2D eigenvalue weighted by atomic mass is 9.90. The summed E-state index contributed by atoms with van der Waals surface area (Å²) < 4.78 is 67.4. The molecule has 4 fully saturated rings. The van der Waals surface area contributed by atoms with Crippen molar-refractivity contribution in [1.29, 1.82) is 0 Å². The van der Waals surface area contributed by atoms with Gasteiger partial charge in [0.25, 0.3) is 20.0 Å². The predicted molar refractivity (Wildman–Crippen MR) is 388 cm³/mol. The van der Waals surface area contributed by atoms with Crippen molar-refractivity contribution in [2.75, 3.05) is 36.8 Å². The molecule has 8 aromatic rings. The number of fused-ring (bicyclic) bond motifs is 2. The summed E-state index contributed by atoms with van der Waals surface area (Å²) in [5.74, 6) is -0.796. The number of amides is 3. The number of carboxylic acids is 1. The number of rotatable bonds is 13. The number of carboxylic acid groups (broad SMARTS) is 1. The molecule has 0 unspecified atom stereocenters. The predicted octanol–water partition coefficient (Wildman–Crippen LogP) is 13.9. The van der Waals surface area contributed by atoms with Gasteiger partial charge in [-0.05, 0) is 155 Å². The monoisotopic (exact) mass is 1450 g/mol. The van der Waals surface area contributed by atoms with E-state index >= 15 is 0 Å². The minimum atomic E-state index is -3.88. The maximum Gasteiger partial charge on any atom is 0.410 e. The topological polar surface area (TPSA) is 305 Å². The molecule has 532 valence electrons. The van der Waals surface area contributed by atoms with E-state index in [0.29, 0.717) is 93.4 Å². The van der Waals surface area contributed by atoms with Gasteiger partial charge in [-0.15, -0.1) is 12.4 Å². The number of hydrogen-bond donors (Lipinski definition) is 5. The third kappa shape index (κ3) is 19.3. The number of nitrogens with two attached hydrogens (primary N) is 1. The lowest BCUT2D eigenvalue weighted by Crippen LogP contribution is -2.50. The van der Waals surface area contributed by atoms with Gasteiger partial charge in [0.05, 0.1) is 66.5 Å². The number of nitrogens with one attached hydrogen (secondary N) is 3. The molecule has 4 aliphatic rings. The average molecular weight is 1460 g/mol. The molecule has 4 aromatic heterocycles. The second kappa shape index (κ2) is 32.9. The molecule has 2 aliphatic heterocycles. The molecule has 99 heavy (non-hydrogen) atoms. The number of ether oxygens (including phenoxy) is 2. The summed E-state index contributed by atoms with van der Waals surface area (Å²) in [6.07, 6.45) is 15.5. The second-order valence-electron chi connectivity index (χ2n) is 27.0. The van der Waals surface area contributed by atoms with Gasteiger partial charge in [-0.2, -0.15) is 0 Å². The summed E-state index contributed by atoms with van der Waals surface area (Å²) in [6, 6.07) is 31.5. The Bertz CT molecular complexity index is 4360. The van der Waals surface area contributed by atoms with Crippen molar-refractivity contribution in [3.05, 3.63) is 144 Å². The Morgan fingerprint density at radius 3 is 1.40 bits per heavy atom. The first kappa shape index (κ1) is 76.7. The van der Waals surface area contributed by atoms with Crippen LogP contribution in [-0.4, -0.2) is 145 Å². The van der Waals surface area contributed by atoms with Crippen molar-refractivity contribution in [3.8, 4) is 22.5 Å². The molecule has 0 bridgehead atoms. The van der Waals surface area contributed by atoms with Crippen molar-refractivity contribution in [2.45, 2.75) is 171 Å². The normalized spacial score (nSPS) is 19.7. The fourth-order valence-corrected chi connectivity index (χ4v) is 15.8. The van der Waals surface area contributed by atoms with E-state index in [1.54, 1.807) is 123 Å². The molecule has 23 nitrogen and oxygen atoms in total. The van der Waals surface area contributed by atoms with Crippen molar-refractivity contribution < 1.29 is 50.6 Å². The Labute approximate surface area is 595 Å². The van der Waals surface area contributed by atoms with Crippen molar-refractivity contribution in [1.82, 2.24) is 43.0 Å². The third-order valence-electron chi connectivity index (χ3n) is 17.2. The zero-order valence-corrected chi connectivity index (χ0v) is 59.6. The fraction of sp³-hybridized carbons (Fsp3) is 0.437. The zero-order valence-electron chi connectivity index (χ0n) is 55.6.